The standard InChI is InChI=1S/C20H19F3N2O3/c1-14(26)25-17-7-2-15(3-8-17)6-11-19(27)24-12-16-4-9-18(10-5-16)28-13-20(21,22)23/h2-11H,12-13H2,1H3,(H,24,27)(H,25,26)/b11-6+. The van der Waals surface area contributed by atoms with Gasteiger partial charge < -0.3 is 15.4 Å². The average molecular weight is 392 g/mol. The summed E-state index contributed by atoms with van der Waals surface area (Å²) in [6.07, 6.45) is -1.39. The molecule has 148 valence electrons. The predicted molar refractivity (Wildman–Crippen MR) is 99.6 cm³/mol. The second-order valence-electron chi connectivity index (χ2n) is 5.90. The number of nitrogens with one attached hydrogen (secondary N) is 2. The van der Waals surface area contributed by atoms with Gasteiger partial charge in [0.2, 0.25) is 11.8 Å². The fourth-order valence-corrected chi connectivity index (χ4v) is 2.17. The lowest BCUT2D eigenvalue weighted by Gasteiger charge is -2.09. The van der Waals surface area contributed by atoms with Crippen LogP contribution in [0.25, 0.3) is 6.08 Å². The number of alkyl halides is 3. The fraction of sp³-hybridized carbons (Fsp3) is 0.200. The summed E-state index contributed by atoms with van der Waals surface area (Å²) in [6.45, 7) is 0.297. The van der Waals surface area contributed by atoms with E-state index in [0.29, 0.717) is 5.69 Å². The van der Waals surface area contributed by atoms with Crippen LogP contribution < -0.4 is 15.4 Å². The first-order valence-electron chi connectivity index (χ1n) is 8.33. The molecule has 2 amide bonds. The van der Waals surface area contributed by atoms with Crippen molar-refractivity contribution in [1.82, 2.24) is 5.32 Å². The summed E-state index contributed by atoms with van der Waals surface area (Å²) in [5.74, 6) is -0.374. The molecule has 2 aromatic rings. The molecule has 0 heterocycles. The third kappa shape index (κ3) is 7.94. The lowest BCUT2D eigenvalue weighted by molar-refractivity contribution is -0.153. The van der Waals surface area contributed by atoms with E-state index in [9.17, 15) is 22.8 Å². The average Bonchev–Trinajstić information content (AvgIpc) is 2.64. The van der Waals surface area contributed by atoms with Gasteiger partial charge in [-0.25, -0.2) is 0 Å². The number of carbonyl (C=O) groups excluding carboxylic acids is 2. The molecule has 0 bridgehead atoms. The zero-order chi connectivity index (χ0) is 20.6. The Bertz CT molecular complexity index is 829. The molecular weight excluding hydrogens is 373 g/mol. The number of amides is 2. The van der Waals surface area contributed by atoms with Gasteiger partial charge in [0.25, 0.3) is 0 Å². The molecule has 5 nitrogen and oxygen atoms in total. The summed E-state index contributed by atoms with van der Waals surface area (Å²) >= 11 is 0. The van der Waals surface area contributed by atoms with Crippen LogP contribution in [0.2, 0.25) is 0 Å². The Balaban J connectivity index is 1.80. The SMILES string of the molecule is CC(=O)Nc1ccc(/C=C/C(=O)NCc2ccc(OCC(F)(F)F)cc2)cc1. The molecule has 0 spiro atoms. The van der Waals surface area contributed by atoms with Crippen LogP contribution in [0.3, 0.4) is 0 Å². The molecule has 0 aliphatic carbocycles. The van der Waals surface area contributed by atoms with E-state index in [2.05, 4.69) is 15.4 Å². The quantitative estimate of drug-likeness (QED) is 0.702. The van der Waals surface area contributed by atoms with Crippen LogP contribution in [0.4, 0.5) is 18.9 Å². The molecule has 0 radical (unpaired) electrons. The lowest BCUT2D eigenvalue weighted by atomic mass is 10.2. The van der Waals surface area contributed by atoms with E-state index < -0.39 is 12.8 Å². The molecule has 0 aromatic heterocycles. The van der Waals surface area contributed by atoms with Gasteiger partial charge in [0.05, 0.1) is 0 Å². The third-order valence-electron chi connectivity index (χ3n) is 3.45. The van der Waals surface area contributed by atoms with E-state index in [-0.39, 0.29) is 24.1 Å². The number of carbonyl (C=O) groups is 2. The summed E-state index contributed by atoms with van der Waals surface area (Å²) in [7, 11) is 0. The molecular formula is C20H19F3N2O3. The number of halogens is 3. The van der Waals surface area contributed by atoms with Gasteiger partial charge in [-0.1, -0.05) is 24.3 Å². The molecule has 8 heteroatoms. The molecule has 0 saturated carbocycles. The fourth-order valence-electron chi connectivity index (χ4n) is 2.17. The molecule has 0 atom stereocenters. The molecule has 0 aliphatic heterocycles. The summed E-state index contributed by atoms with van der Waals surface area (Å²) in [4.78, 5) is 22.8. The minimum atomic E-state index is -4.39. The number of hydrogen-bond donors (Lipinski definition) is 2. The van der Waals surface area contributed by atoms with Gasteiger partial charge in [-0.3, -0.25) is 9.59 Å². The van der Waals surface area contributed by atoms with Crippen LogP contribution in [0.5, 0.6) is 5.75 Å². The van der Waals surface area contributed by atoms with E-state index >= 15 is 0 Å². The van der Waals surface area contributed by atoms with Crippen LogP contribution >= 0.6 is 0 Å². The number of ether oxygens (including phenoxy) is 1. The van der Waals surface area contributed by atoms with Crippen LogP contribution in [0, 0.1) is 0 Å². The highest BCUT2D eigenvalue weighted by Crippen LogP contribution is 2.18. The number of anilines is 1. The Kier molecular flexibility index (Phi) is 7.20. The second kappa shape index (κ2) is 9.59. The summed E-state index contributed by atoms with van der Waals surface area (Å²) in [5.41, 5.74) is 2.17. The van der Waals surface area contributed by atoms with Crippen molar-refractivity contribution in [1.29, 1.82) is 0 Å². The molecule has 0 saturated heterocycles. The van der Waals surface area contributed by atoms with E-state index in [1.807, 2.05) is 0 Å². The number of rotatable bonds is 7. The topological polar surface area (TPSA) is 67.4 Å². The first-order valence-corrected chi connectivity index (χ1v) is 8.33. The first-order chi connectivity index (χ1) is 13.2. The Morgan fingerprint density at radius 1 is 1.04 bits per heavy atom. The number of hydrogen-bond acceptors (Lipinski definition) is 3. The van der Waals surface area contributed by atoms with Crippen molar-refractivity contribution in [2.75, 3.05) is 11.9 Å². The summed E-state index contributed by atoms with van der Waals surface area (Å²) in [6, 6.07) is 13.0. The molecule has 2 N–H and O–H groups in total. The van der Waals surface area contributed by atoms with Gasteiger partial charge in [-0.05, 0) is 41.5 Å². The van der Waals surface area contributed by atoms with Gasteiger partial charge in [-0.15, -0.1) is 0 Å². The third-order valence-corrected chi connectivity index (χ3v) is 3.45. The molecule has 2 rings (SSSR count). The molecule has 0 aliphatic rings. The Morgan fingerprint density at radius 3 is 2.25 bits per heavy atom. The van der Waals surface area contributed by atoms with E-state index in [4.69, 9.17) is 0 Å². The highest BCUT2D eigenvalue weighted by molar-refractivity contribution is 5.92. The Labute approximate surface area is 160 Å². The van der Waals surface area contributed by atoms with E-state index in [0.717, 1.165) is 11.1 Å². The highest BCUT2D eigenvalue weighted by Gasteiger charge is 2.28. The van der Waals surface area contributed by atoms with Crippen LogP contribution in [0.15, 0.2) is 54.6 Å². The zero-order valence-corrected chi connectivity index (χ0v) is 15.0. The minimum Gasteiger partial charge on any atom is -0.484 e. The van der Waals surface area contributed by atoms with Crippen molar-refractivity contribution < 1.29 is 27.5 Å². The maximum absolute atomic E-state index is 12.1. The smallest absolute Gasteiger partial charge is 0.422 e. The van der Waals surface area contributed by atoms with Crippen molar-refractivity contribution in [3.8, 4) is 5.75 Å². The van der Waals surface area contributed by atoms with Gasteiger partial charge in [-0.2, -0.15) is 13.2 Å². The minimum absolute atomic E-state index is 0.106. The largest absolute Gasteiger partial charge is 0.484 e. The van der Waals surface area contributed by atoms with Crippen LogP contribution in [-0.2, 0) is 16.1 Å². The van der Waals surface area contributed by atoms with Gasteiger partial charge in [0.1, 0.15) is 5.75 Å². The lowest BCUT2D eigenvalue weighted by Crippen LogP contribution is -2.20. The second-order valence-corrected chi connectivity index (χ2v) is 5.90. The summed E-state index contributed by atoms with van der Waals surface area (Å²) < 4.78 is 40.9. The first kappa shape index (κ1) is 21.0. The predicted octanol–water partition coefficient (Wildman–Crippen LogP) is 3.92. The van der Waals surface area contributed by atoms with Crippen molar-refractivity contribution in [3.63, 3.8) is 0 Å². The highest BCUT2D eigenvalue weighted by atomic mass is 19.4. The van der Waals surface area contributed by atoms with Gasteiger partial charge >= 0.3 is 6.18 Å². The zero-order valence-electron chi connectivity index (χ0n) is 15.0. The van der Waals surface area contributed by atoms with Crippen LogP contribution in [-0.4, -0.2) is 24.6 Å². The van der Waals surface area contributed by atoms with E-state index in [1.54, 1.807) is 42.5 Å². The van der Waals surface area contributed by atoms with Crippen molar-refractivity contribution in [2.24, 2.45) is 0 Å². The maximum Gasteiger partial charge on any atom is 0.422 e. The molecule has 28 heavy (non-hydrogen) atoms. The van der Waals surface area contributed by atoms with Crippen molar-refractivity contribution >= 4 is 23.6 Å². The number of benzene rings is 2. The molecule has 0 fully saturated rings. The Hall–Kier alpha value is -3.29. The van der Waals surface area contributed by atoms with Crippen LogP contribution in [0.1, 0.15) is 18.1 Å². The van der Waals surface area contributed by atoms with Crippen molar-refractivity contribution in [2.45, 2.75) is 19.6 Å². The van der Waals surface area contributed by atoms with Gasteiger partial charge in [0.15, 0.2) is 6.61 Å². The molecule has 2 aromatic carbocycles. The van der Waals surface area contributed by atoms with E-state index in [1.165, 1.54) is 25.1 Å². The normalized spacial score (nSPS) is 11.3. The van der Waals surface area contributed by atoms with Crippen molar-refractivity contribution in [3.05, 3.63) is 65.7 Å². The molecule has 0 unspecified atom stereocenters. The maximum atomic E-state index is 12.1. The monoisotopic (exact) mass is 392 g/mol. The summed E-state index contributed by atoms with van der Waals surface area (Å²) in [5, 5.41) is 5.33. The van der Waals surface area contributed by atoms with Gasteiger partial charge in [0, 0.05) is 25.2 Å². The Morgan fingerprint density at radius 2 is 1.68 bits per heavy atom.